The highest BCUT2D eigenvalue weighted by Gasteiger charge is 2.20. The minimum absolute atomic E-state index is 0.0364. The second-order valence-electron chi connectivity index (χ2n) is 8.74. The summed E-state index contributed by atoms with van der Waals surface area (Å²) < 4.78 is 28.6. The Morgan fingerprint density at radius 3 is 2.42 bits per heavy atom. The van der Waals surface area contributed by atoms with E-state index in [0.29, 0.717) is 17.3 Å². The third-order valence-corrected chi connectivity index (χ3v) is 7.02. The molecule has 1 heterocycles. The number of fused-ring (bicyclic) bond motifs is 1. The van der Waals surface area contributed by atoms with Gasteiger partial charge >= 0.3 is 0 Å². The van der Waals surface area contributed by atoms with Crippen molar-refractivity contribution in [1.29, 1.82) is 0 Å². The third-order valence-electron chi connectivity index (χ3n) is 5.39. The lowest BCUT2D eigenvalue weighted by atomic mass is 9.87. The van der Waals surface area contributed by atoms with Crippen LogP contribution in [0, 0.1) is 0 Å². The number of aliphatic imine (C=N–C) groups is 1. The first-order chi connectivity index (χ1) is 14.6. The van der Waals surface area contributed by atoms with Crippen molar-refractivity contribution in [2.24, 2.45) is 4.99 Å². The number of nitrogens with zero attached hydrogens (tertiary/aromatic N) is 1. The van der Waals surface area contributed by atoms with E-state index in [1.807, 2.05) is 48.5 Å². The van der Waals surface area contributed by atoms with Gasteiger partial charge in [0.1, 0.15) is 0 Å². The van der Waals surface area contributed by atoms with Crippen LogP contribution >= 0.6 is 11.6 Å². The molecule has 4 rings (SSSR count). The van der Waals surface area contributed by atoms with Crippen LogP contribution in [-0.4, -0.2) is 20.7 Å². The zero-order valence-corrected chi connectivity index (χ0v) is 19.4. The number of hydrogen-bond acceptors (Lipinski definition) is 3. The maximum absolute atomic E-state index is 12.9. The molecule has 4 nitrogen and oxygen atoms in total. The average Bonchev–Trinajstić information content (AvgIpc) is 2.72. The number of benzene rings is 3. The predicted octanol–water partition coefficient (Wildman–Crippen LogP) is 5.83. The molecule has 1 aliphatic rings. The summed E-state index contributed by atoms with van der Waals surface area (Å²) in [5, 5.41) is 0.707. The lowest BCUT2D eigenvalue weighted by Crippen LogP contribution is -2.16. The summed E-state index contributed by atoms with van der Waals surface area (Å²) >= 11 is 6.14. The summed E-state index contributed by atoms with van der Waals surface area (Å²) in [6.45, 7) is 6.97. The topological polar surface area (TPSA) is 58.5 Å². The molecule has 0 radical (unpaired) electrons. The third kappa shape index (κ3) is 4.68. The molecule has 0 bridgehead atoms. The van der Waals surface area contributed by atoms with Crippen molar-refractivity contribution < 1.29 is 8.42 Å². The van der Waals surface area contributed by atoms with Crippen LogP contribution in [0.5, 0.6) is 0 Å². The van der Waals surface area contributed by atoms with Crippen LogP contribution < -0.4 is 4.72 Å². The summed E-state index contributed by atoms with van der Waals surface area (Å²) in [4.78, 5) is 4.93. The Hall–Kier alpha value is -2.63. The Bertz CT molecular complexity index is 1260. The molecule has 0 aliphatic carbocycles. The molecule has 3 aromatic rings. The van der Waals surface area contributed by atoms with Crippen LogP contribution in [0.25, 0.3) is 0 Å². The van der Waals surface area contributed by atoms with Gasteiger partial charge in [0.15, 0.2) is 0 Å². The normalized spacial score (nSPS) is 14.0. The maximum Gasteiger partial charge on any atom is 0.261 e. The number of anilines is 1. The standard InChI is InChI=1S/C25H25ClN2O2S/c1-25(2,3)19-7-10-22(11-8-19)31(29,30)28-21-6-4-5-18(16-21)24-23-12-9-20(26)15-17(23)13-14-27-24/h4-12,15-16,28H,13-14H2,1-3H3. The molecule has 3 aromatic carbocycles. The lowest BCUT2D eigenvalue weighted by molar-refractivity contribution is 0.587. The van der Waals surface area contributed by atoms with E-state index >= 15 is 0 Å². The molecule has 1 aliphatic heterocycles. The summed E-state index contributed by atoms with van der Waals surface area (Å²) in [7, 11) is -3.70. The molecular weight excluding hydrogens is 428 g/mol. The molecule has 0 amide bonds. The van der Waals surface area contributed by atoms with Gasteiger partial charge < -0.3 is 0 Å². The minimum atomic E-state index is -3.70. The molecule has 0 spiro atoms. The van der Waals surface area contributed by atoms with Crippen LogP contribution in [0.1, 0.15) is 43.0 Å². The number of nitrogens with one attached hydrogen (secondary N) is 1. The van der Waals surface area contributed by atoms with Crippen molar-refractivity contribution in [1.82, 2.24) is 0 Å². The van der Waals surface area contributed by atoms with Crippen molar-refractivity contribution >= 4 is 33.0 Å². The highest BCUT2D eigenvalue weighted by Crippen LogP contribution is 2.27. The highest BCUT2D eigenvalue weighted by molar-refractivity contribution is 7.92. The molecule has 0 fully saturated rings. The Balaban J connectivity index is 1.62. The van der Waals surface area contributed by atoms with Crippen molar-refractivity contribution in [2.45, 2.75) is 37.5 Å². The number of halogens is 1. The van der Waals surface area contributed by atoms with E-state index in [1.165, 1.54) is 0 Å². The van der Waals surface area contributed by atoms with Gasteiger partial charge in [0.05, 0.1) is 10.6 Å². The quantitative estimate of drug-likeness (QED) is 0.541. The molecule has 0 saturated heterocycles. The summed E-state index contributed by atoms with van der Waals surface area (Å²) in [5.74, 6) is 0. The average molecular weight is 453 g/mol. The van der Waals surface area contributed by atoms with Gasteiger partial charge in [-0.25, -0.2) is 8.42 Å². The van der Waals surface area contributed by atoms with Crippen LogP contribution in [0.4, 0.5) is 5.69 Å². The van der Waals surface area contributed by atoms with Gasteiger partial charge in [0.2, 0.25) is 0 Å². The molecule has 0 unspecified atom stereocenters. The summed E-state index contributed by atoms with van der Waals surface area (Å²) in [6.07, 6.45) is 0.844. The molecule has 1 N–H and O–H groups in total. The van der Waals surface area contributed by atoms with Gasteiger partial charge in [-0.1, -0.05) is 62.7 Å². The first kappa shape index (κ1) is 21.6. The van der Waals surface area contributed by atoms with Gasteiger partial charge in [0.25, 0.3) is 10.0 Å². The fraction of sp³-hybridized carbons (Fsp3) is 0.240. The molecular formula is C25H25ClN2O2S. The van der Waals surface area contributed by atoms with Crippen LogP contribution in [0.3, 0.4) is 0 Å². The fourth-order valence-electron chi connectivity index (χ4n) is 3.70. The first-order valence-corrected chi connectivity index (χ1v) is 12.1. The minimum Gasteiger partial charge on any atom is -0.284 e. The zero-order chi connectivity index (χ0) is 22.2. The van der Waals surface area contributed by atoms with E-state index in [4.69, 9.17) is 16.6 Å². The fourth-order valence-corrected chi connectivity index (χ4v) is 4.94. The van der Waals surface area contributed by atoms with Gasteiger partial charge in [-0.2, -0.15) is 0 Å². The molecule has 0 saturated carbocycles. The number of rotatable bonds is 4. The monoisotopic (exact) mass is 452 g/mol. The van der Waals surface area contributed by atoms with Gasteiger partial charge in [-0.3, -0.25) is 9.71 Å². The van der Waals surface area contributed by atoms with Crippen LogP contribution in [0.2, 0.25) is 5.02 Å². The van der Waals surface area contributed by atoms with Crippen molar-refractivity contribution in [3.05, 3.63) is 94.0 Å². The van der Waals surface area contributed by atoms with E-state index < -0.39 is 10.0 Å². The Kier molecular flexibility index (Phi) is 5.67. The smallest absolute Gasteiger partial charge is 0.261 e. The summed E-state index contributed by atoms with van der Waals surface area (Å²) in [6, 6.07) is 20.2. The number of hydrogen-bond donors (Lipinski definition) is 1. The van der Waals surface area contributed by atoms with E-state index in [0.717, 1.165) is 34.4 Å². The molecule has 6 heteroatoms. The van der Waals surface area contributed by atoms with E-state index in [-0.39, 0.29) is 10.3 Å². The SMILES string of the molecule is CC(C)(C)c1ccc(S(=O)(=O)Nc2cccc(C3=NCCc4cc(Cl)ccc43)c2)cc1. The molecule has 0 atom stereocenters. The second kappa shape index (κ2) is 8.13. The van der Waals surface area contributed by atoms with Gasteiger partial charge in [-0.05, 0) is 59.4 Å². The van der Waals surface area contributed by atoms with Crippen molar-refractivity contribution in [3.8, 4) is 0 Å². The van der Waals surface area contributed by atoms with E-state index in [1.54, 1.807) is 18.2 Å². The number of sulfonamides is 1. The molecule has 160 valence electrons. The van der Waals surface area contributed by atoms with Crippen molar-refractivity contribution in [3.63, 3.8) is 0 Å². The van der Waals surface area contributed by atoms with E-state index in [2.05, 4.69) is 25.5 Å². The van der Waals surface area contributed by atoms with Crippen molar-refractivity contribution in [2.75, 3.05) is 11.3 Å². The highest BCUT2D eigenvalue weighted by atomic mass is 35.5. The Morgan fingerprint density at radius 1 is 0.968 bits per heavy atom. The maximum atomic E-state index is 12.9. The summed E-state index contributed by atoms with van der Waals surface area (Å²) in [5.41, 5.74) is 5.46. The van der Waals surface area contributed by atoms with Crippen LogP contribution in [-0.2, 0) is 21.9 Å². The predicted molar refractivity (Wildman–Crippen MR) is 128 cm³/mol. The van der Waals surface area contributed by atoms with Gasteiger partial charge in [-0.15, -0.1) is 0 Å². The largest absolute Gasteiger partial charge is 0.284 e. The molecule has 31 heavy (non-hydrogen) atoms. The Morgan fingerprint density at radius 2 is 1.71 bits per heavy atom. The van der Waals surface area contributed by atoms with E-state index in [9.17, 15) is 8.42 Å². The lowest BCUT2D eigenvalue weighted by Gasteiger charge is -2.19. The Labute approximate surface area is 189 Å². The van der Waals surface area contributed by atoms with Gasteiger partial charge in [0, 0.05) is 28.4 Å². The first-order valence-electron chi connectivity index (χ1n) is 10.2. The second-order valence-corrected chi connectivity index (χ2v) is 10.9. The molecule has 0 aromatic heterocycles. The zero-order valence-electron chi connectivity index (χ0n) is 17.8. The van der Waals surface area contributed by atoms with Crippen LogP contribution in [0.15, 0.2) is 76.6 Å².